The monoisotopic (exact) mass is 553 g/mol. The molecule has 11 heteroatoms. The van der Waals surface area contributed by atoms with Gasteiger partial charge >= 0.3 is 5.97 Å². The summed E-state index contributed by atoms with van der Waals surface area (Å²) in [5, 5.41) is 2.23. The predicted octanol–water partition coefficient (Wildman–Crippen LogP) is 1.26. The Kier molecular flexibility index (Phi) is 7.96. The standard InChI is InChI=1S/C29H39N5O6/c1-29(2,3)40-25(36)18-32-14-12-31(13-15-32)17-19-8-10-33(11-9-19)20-4-5-21-22(16-20)28(39)34(27(21)38)23-6-7-24(35)30-26(23)37/h4-5,16,19,23H,6-15,17-18H2,1-3H3,(H,30,35,37). The van der Waals surface area contributed by atoms with E-state index >= 15 is 0 Å². The van der Waals surface area contributed by atoms with Gasteiger partial charge in [0.2, 0.25) is 11.8 Å². The number of piperazine rings is 1. The molecule has 0 bridgehead atoms. The number of carbonyl (C=O) groups excluding carboxylic acids is 5. The average Bonchev–Trinajstić information content (AvgIpc) is 3.14. The summed E-state index contributed by atoms with van der Waals surface area (Å²) in [4.78, 5) is 70.0. The van der Waals surface area contributed by atoms with Gasteiger partial charge < -0.3 is 14.5 Å². The van der Waals surface area contributed by atoms with Gasteiger partial charge in [0.1, 0.15) is 11.6 Å². The fourth-order valence-electron chi connectivity index (χ4n) is 6.08. The molecule has 5 rings (SSSR count). The first-order valence-electron chi connectivity index (χ1n) is 14.3. The van der Waals surface area contributed by atoms with Crippen LogP contribution in [-0.4, -0.2) is 108 Å². The molecular formula is C29H39N5O6. The molecule has 4 aliphatic heterocycles. The molecule has 4 amide bonds. The SMILES string of the molecule is CC(C)(C)OC(=O)CN1CCN(CC2CCN(c3ccc4c(c3)C(=O)N(C3CCC(=O)NC3=O)C4=O)CC2)CC1. The van der Waals surface area contributed by atoms with Gasteiger partial charge in [-0.25, -0.2) is 0 Å². The first kappa shape index (κ1) is 28.2. The highest BCUT2D eigenvalue weighted by Gasteiger charge is 2.44. The van der Waals surface area contributed by atoms with Crippen molar-refractivity contribution >= 4 is 35.3 Å². The summed E-state index contributed by atoms with van der Waals surface area (Å²) < 4.78 is 5.45. The summed E-state index contributed by atoms with van der Waals surface area (Å²) in [6.45, 7) is 12.3. The highest BCUT2D eigenvalue weighted by molar-refractivity contribution is 6.23. The molecule has 0 saturated carbocycles. The second-order valence-electron chi connectivity index (χ2n) is 12.3. The maximum absolute atomic E-state index is 13.2. The van der Waals surface area contributed by atoms with E-state index in [2.05, 4.69) is 20.0 Å². The number of amides is 4. The lowest BCUT2D eigenvalue weighted by Crippen LogP contribution is -2.54. The number of nitrogens with zero attached hydrogens (tertiary/aromatic N) is 4. The van der Waals surface area contributed by atoms with Crippen molar-refractivity contribution in [3.05, 3.63) is 29.3 Å². The Morgan fingerprint density at radius 2 is 1.55 bits per heavy atom. The summed E-state index contributed by atoms with van der Waals surface area (Å²) in [7, 11) is 0. The van der Waals surface area contributed by atoms with Crippen molar-refractivity contribution in [2.24, 2.45) is 5.92 Å². The lowest BCUT2D eigenvalue weighted by molar-refractivity contribution is -0.156. The Labute approximate surface area is 234 Å². The highest BCUT2D eigenvalue weighted by Crippen LogP contribution is 2.32. The van der Waals surface area contributed by atoms with Gasteiger partial charge in [-0.2, -0.15) is 0 Å². The Morgan fingerprint density at radius 1 is 0.900 bits per heavy atom. The number of fused-ring (bicyclic) bond motifs is 1. The molecular weight excluding hydrogens is 514 g/mol. The number of imide groups is 2. The molecule has 1 atom stereocenters. The van der Waals surface area contributed by atoms with Gasteiger partial charge in [-0.3, -0.25) is 39.1 Å². The molecule has 1 N–H and O–H groups in total. The third kappa shape index (κ3) is 6.20. The zero-order valence-corrected chi connectivity index (χ0v) is 23.6. The van der Waals surface area contributed by atoms with Crippen LogP contribution >= 0.6 is 0 Å². The van der Waals surface area contributed by atoms with Gasteiger partial charge in [0.15, 0.2) is 0 Å². The zero-order chi connectivity index (χ0) is 28.6. The minimum absolute atomic E-state index is 0.103. The number of piperidine rings is 2. The average molecular weight is 554 g/mol. The molecule has 1 unspecified atom stereocenters. The molecule has 3 saturated heterocycles. The molecule has 11 nitrogen and oxygen atoms in total. The fourth-order valence-corrected chi connectivity index (χ4v) is 6.08. The van der Waals surface area contributed by atoms with Crippen LogP contribution in [0.3, 0.4) is 0 Å². The van der Waals surface area contributed by atoms with Crippen molar-refractivity contribution in [2.75, 3.05) is 57.3 Å². The summed E-state index contributed by atoms with van der Waals surface area (Å²) >= 11 is 0. The number of carbonyl (C=O) groups is 5. The van der Waals surface area contributed by atoms with Crippen LogP contribution in [0.2, 0.25) is 0 Å². The number of hydrogen-bond acceptors (Lipinski definition) is 9. The van der Waals surface area contributed by atoms with Crippen LogP contribution in [0.4, 0.5) is 5.69 Å². The Morgan fingerprint density at radius 3 is 2.20 bits per heavy atom. The molecule has 4 aliphatic rings. The molecule has 1 aromatic rings. The molecule has 3 fully saturated rings. The molecule has 4 heterocycles. The largest absolute Gasteiger partial charge is 0.459 e. The van der Waals surface area contributed by atoms with Gasteiger partial charge in [0.25, 0.3) is 11.8 Å². The van der Waals surface area contributed by atoms with E-state index in [1.807, 2.05) is 26.8 Å². The minimum atomic E-state index is -0.955. The highest BCUT2D eigenvalue weighted by atomic mass is 16.6. The molecule has 1 aromatic carbocycles. The van der Waals surface area contributed by atoms with E-state index in [0.29, 0.717) is 23.6 Å². The van der Waals surface area contributed by atoms with Crippen LogP contribution in [0.15, 0.2) is 18.2 Å². The molecule has 40 heavy (non-hydrogen) atoms. The number of rotatable bonds is 6. The van der Waals surface area contributed by atoms with Crippen LogP contribution in [0, 0.1) is 5.92 Å². The lowest BCUT2D eigenvalue weighted by Gasteiger charge is -2.39. The summed E-state index contributed by atoms with van der Waals surface area (Å²) in [6, 6.07) is 4.37. The van der Waals surface area contributed by atoms with Crippen molar-refractivity contribution in [1.29, 1.82) is 0 Å². The summed E-state index contributed by atoms with van der Waals surface area (Å²) in [5.41, 5.74) is 1.06. The van der Waals surface area contributed by atoms with Gasteiger partial charge in [-0.05, 0) is 64.2 Å². The van der Waals surface area contributed by atoms with E-state index in [-0.39, 0.29) is 24.7 Å². The second kappa shape index (κ2) is 11.3. The van der Waals surface area contributed by atoms with Crippen molar-refractivity contribution < 1.29 is 28.7 Å². The Bertz CT molecular complexity index is 1190. The van der Waals surface area contributed by atoms with Gasteiger partial charge in [0.05, 0.1) is 17.7 Å². The molecule has 0 aromatic heterocycles. The number of hydrogen-bond donors (Lipinski definition) is 1. The predicted molar refractivity (Wildman–Crippen MR) is 147 cm³/mol. The van der Waals surface area contributed by atoms with Gasteiger partial charge in [0, 0.05) is 57.9 Å². The molecule has 0 spiro atoms. The van der Waals surface area contributed by atoms with E-state index in [1.165, 1.54) is 0 Å². The first-order chi connectivity index (χ1) is 19.0. The zero-order valence-electron chi connectivity index (χ0n) is 23.6. The number of nitrogens with one attached hydrogen (secondary N) is 1. The molecule has 0 aliphatic carbocycles. The van der Waals surface area contributed by atoms with Crippen molar-refractivity contribution in [1.82, 2.24) is 20.0 Å². The van der Waals surface area contributed by atoms with Crippen molar-refractivity contribution in [2.45, 2.75) is 58.1 Å². The van der Waals surface area contributed by atoms with Crippen molar-refractivity contribution in [3.8, 4) is 0 Å². The quantitative estimate of drug-likeness (QED) is 0.410. The van der Waals surface area contributed by atoms with E-state index in [9.17, 15) is 24.0 Å². The first-order valence-corrected chi connectivity index (χ1v) is 14.3. The number of benzene rings is 1. The van der Waals surface area contributed by atoms with Crippen LogP contribution in [0.25, 0.3) is 0 Å². The molecule has 0 radical (unpaired) electrons. The Balaban J connectivity index is 1.11. The maximum atomic E-state index is 13.2. The maximum Gasteiger partial charge on any atom is 0.320 e. The normalized spacial score (nSPS) is 23.4. The smallest absolute Gasteiger partial charge is 0.320 e. The second-order valence-corrected chi connectivity index (χ2v) is 12.3. The van der Waals surface area contributed by atoms with Gasteiger partial charge in [-0.1, -0.05) is 0 Å². The third-order valence-corrected chi connectivity index (χ3v) is 8.16. The van der Waals surface area contributed by atoms with Crippen LogP contribution in [0.5, 0.6) is 0 Å². The minimum Gasteiger partial charge on any atom is -0.459 e. The van der Waals surface area contributed by atoms with E-state index < -0.39 is 29.4 Å². The van der Waals surface area contributed by atoms with Gasteiger partial charge in [-0.15, -0.1) is 0 Å². The number of ether oxygens (including phenoxy) is 1. The lowest BCUT2D eigenvalue weighted by atomic mass is 9.95. The fraction of sp³-hybridized carbons (Fsp3) is 0.621. The number of esters is 1. The van der Waals surface area contributed by atoms with Crippen molar-refractivity contribution in [3.63, 3.8) is 0 Å². The van der Waals surface area contributed by atoms with Crippen LogP contribution in [-0.2, 0) is 19.1 Å². The third-order valence-electron chi connectivity index (χ3n) is 8.16. The topological polar surface area (TPSA) is 120 Å². The summed E-state index contributed by atoms with van der Waals surface area (Å²) in [6.07, 6.45) is 2.32. The molecule has 216 valence electrons. The Hall–Kier alpha value is -3.31. The summed E-state index contributed by atoms with van der Waals surface area (Å²) in [5.74, 6) is -1.53. The number of anilines is 1. The van der Waals surface area contributed by atoms with E-state index in [1.54, 1.807) is 12.1 Å². The van der Waals surface area contributed by atoms with Crippen LogP contribution in [0.1, 0.15) is 67.2 Å². The van der Waals surface area contributed by atoms with Crippen LogP contribution < -0.4 is 10.2 Å². The van der Waals surface area contributed by atoms with E-state index in [0.717, 1.165) is 69.2 Å². The van der Waals surface area contributed by atoms with E-state index in [4.69, 9.17) is 4.74 Å².